The van der Waals surface area contributed by atoms with Crippen LogP contribution in [0.25, 0.3) is 11.1 Å². The second-order valence-electron chi connectivity index (χ2n) is 9.21. The molecule has 2 aliphatic carbocycles. The maximum atomic E-state index is 13.6. The molecule has 2 N–H and O–H groups in total. The molecule has 2 aromatic rings. The van der Waals surface area contributed by atoms with Crippen LogP contribution in [0, 0.1) is 0 Å². The van der Waals surface area contributed by atoms with E-state index in [2.05, 4.69) is 29.6 Å². The highest BCUT2D eigenvalue weighted by Gasteiger charge is 2.44. The monoisotopic (exact) mass is 496 g/mol. The summed E-state index contributed by atoms with van der Waals surface area (Å²) in [5, 5.41) is 12.2. The molecule has 2 amide bonds. The van der Waals surface area contributed by atoms with Gasteiger partial charge in [-0.3, -0.25) is 9.59 Å². The van der Waals surface area contributed by atoms with Gasteiger partial charge in [0.05, 0.1) is 0 Å². The normalized spacial score (nSPS) is 16.1. The van der Waals surface area contributed by atoms with E-state index in [9.17, 15) is 19.5 Å². The van der Waals surface area contributed by atoms with Crippen LogP contribution < -0.4 is 5.32 Å². The molecule has 0 unspecified atom stereocenters. The number of aliphatic carboxylic acids is 1. The van der Waals surface area contributed by atoms with Gasteiger partial charge in [0.2, 0.25) is 5.91 Å². The highest BCUT2D eigenvalue weighted by Crippen LogP contribution is 2.44. The highest BCUT2D eigenvalue weighted by molar-refractivity contribution is 7.98. The topological polar surface area (TPSA) is 95.9 Å². The number of hydrogen-bond donors (Lipinski definition) is 2. The third kappa shape index (κ3) is 5.48. The minimum Gasteiger partial charge on any atom is -0.480 e. The van der Waals surface area contributed by atoms with E-state index >= 15 is 0 Å². The molecule has 0 spiro atoms. The zero-order valence-corrected chi connectivity index (χ0v) is 20.8. The lowest BCUT2D eigenvalue weighted by atomic mass is 9.80. The molecule has 0 radical (unpaired) electrons. The summed E-state index contributed by atoms with van der Waals surface area (Å²) in [6, 6.07) is 16.3. The van der Waals surface area contributed by atoms with Crippen molar-refractivity contribution in [2.75, 3.05) is 31.7 Å². The second-order valence-corrected chi connectivity index (χ2v) is 10.2. The van der Waals surface area contributed by atoms with Gasteiger partial charge < -0.3 is 20.1 Å². The number of amides is 2. The summed E-state index contributed by atoms with van der Waals surface area (Å²) in [6.07, 6.45) is 4.79. The van der Waals surface area contributed by atoms with Gasteiger partial charge in [0.1, 0.15) is 18.7 Å². The van der Waals surface area contributed by atoms with Crippen LogP contribution in [0.3, 0.4) is 0 Å². The summed E-state index contributed by atoms with van der Waals surface area (Å²) in [5.41, 5.74) is 3.40. The molecule has 0 saturated heterocycles. The third-order valence-electron chi connectivity index (χ3n) is 6.98. The van der Waals surface area contributed by atoms with Crippen molar-refractivity contribution in [2.45, 2.75) is 43.6 Å². The fourth-order valence-corrected chi connectivity index (χ4v) is 5.70. The summed E-state index contributed by atoms with van der Waals surface area (Å²) >= 11 is 1.55. The average Bonchev–Trinajstić information content (AvgIpc) is 3.19. The highest BCUT2D eigenvalue weighted by atomic mass is 32.2. The number of ether oxygens (including phenoxy) is 1. The fraction of sp³-hybridized carbons (Fsp3) is 0.444. The van der Waals surface area contributed by atoms with E-state index in [1.54, 1.807) is 11.8 Å². The Morgan fingerprint density at radius 3 is 2.20 bits per heavy atom. The zero-order chi connectivity index (χ0) is 24.8. The number of thioether (sulfide) groups is 1. The van der Waals surface area contributed by atoms with E-state index in [4.69, 9.17) is 4.74 Å². The summed E-state index contributed by atoms with van der Waals surface area (Å²) in [6.45, 7) is 0.101. The van der Waals surface area contributed by atoms with Crippen LogP contribution in [0.1, 0.15) is 49.1 Å². The van der Waals surface area contributed by atoms with Crippen LogP contribution in [-0.4, -0.2) is 65.2 Å². The van der Waals surface area contributed by atoms with Crippen molar-refractivity contribution in [3.63, 3.8) is 0 Å². The van der Waals surface area contributed by atoms with E-state index in [0.717, 1.165) is 41.5 Å². The van der Waals surface area contributed by atoms with Crippen molar-refractivity contribution in [3.8, 4) is 11.1 Å². The molecular weight excluding hydrogens is 464 g/mol. The van der Waals surface area contributed by atoms with Gasteiger partial charge in [0.25, 0.3) is 0 Å². The van der Waals surface area contributed by atoms with Crippen molar-refractivity contribution in [2.24, 2.45) is 0 Å². The summed E-state index contributed by atoms with van der Waals surface area (Å²) in [4.78, 5) is 39.4. The second kappa shape index (κ2) is 11.2. The molecule has 1 saturated carbocycles. The lowest BCUT2D eigenvalue weighted by molar-refractivity contribution is -0.148. The first-order valence-corrected chi connectivity index (χ1v) is 13.5. The Bertz CT molecular complexity index is 1040. The van der Waals surface area contributed by atoms with Crippen molar-refractivity contribution < 1.29 is 24.2 Å². The molecule has 0 aliphatic heterocycles. The maximum Gasteiger partial charge on any atom is 0.408 e. The summed E-state index contributed by atoms with van der Waals surface area (Å²) in [5.74, 6) is -0.843. The predicted molar refractivity (Wildman–Crippen MR) is 137 cm³/mol. The molecule has 35 heavy (non-hydrogen) atoms. The van der Waals surface area contributed by atoms with Gasteiger partial charge in [0.15, 0.2) is 0 Å². The number of rotatable bonds is 9. The first kappa shape index (κ1) is 25.1. The maximum absolute atomic E-state index is 13.6. The fourth-order valence-electron chi connectivity index (χ4n) is 5.30. The third-order valence-corrected chi connectivity index (χ3v) is 7.57. The first-order valence-electron chi connectivity index (χ1n) is 12.1. The SMILES string of the molecule is CSCCN(CC(=O)O)C(=O)C1(NC(=O)OCC2c3ccccc3-c3ccccc32)CCCCC1. The lowest BCUT2D eigenvalue weighted by Gasteiger charge is -2.39. The largest absolute Gasteiger partial charge is 0.480 e. The Kier molecular flexibility index (Phi) is 8.00. The van der Waals surface area contributed by atoms with Crippen LogP contribution >= 0.6 is 11.8 Å². The molecule has 2 aliphatic rings. The van der Waals surface area contributed by atoms with Gasteiger partial charge in [-0.05, 0) is 41.4 Å². The van der Waals surface area contributed by atoms with Crippen LogP contribution in [-0.2, 0) is 14.3 Å². The Morgan fingerprint density at radius 1 is 1.03 bits per heavy atom. The molecule has 1 fully saturated rings. The van der Waals surface area contributed by atoms with E-state index < -0.39 is 17.6 Å². The van der Waals surface area contributed by atoms with Crippen molar-refractivity contribution in [3.05, 3.63) is 59.7 Å². The number of benzene rings is 2. The minimum atomic E-state index is -1.13. The predicted octanol–water partition coefficient (Wildman–Crippen LogP) is 4.50. The molecule has 2 aromatic carbocycles. The number of carbonyl (C=O) groups excluding carboxylic acids is 2. The smallest absolute Gasteiger partial charge is 0.408 e. The van der Waals surface area contributed by atoms with Gasteiger partial charge in [-0.1, -0.05) is 67.8 Å². The standard InChI is InChI=1S/C27H32N2O5S/c1-35-16-15-29(17-24(30)31)25(32)27(13-7-2-8-14-27)28-26(33)34-18-23-21-11-5-3-9-19(21)20-10-4-6-12-22(20)23/h3-6,9-12,23H,2,7-8,13-18H2,1H3,(H,28,33)(H,30,31). The Balaban J connectivity index is 1.49. The number of nitrogens with zero attached hydrogens (tertiary/aromatic N) is 1. The first-order chi connectivity index (χ1) is 16.9. The number of carbonyl (C=O) groups is 3. The number of fused-ring (bicyclic) bond motifs is 3. The molecule has 4 rings (SSSR count). The zero-order valence-electron chi connectivity index (χ0n) is 20.0. The summed E-state index contributed by atoms with van der Waals surface area (Å²) in [7, 11) is 0. The van der Waals surface area contributed by atoms with Crippen LogP contribution in [0.15, 0.2) is 48.5 Å². The van der Waals surface area contributed by atoms with E-state index in [-0.39, 0.29) is 25.0 Å². The van der Waals surface area contributed by atoms with E-state index in [0.29, 0.717) is 25.1 Å². The molecule has 8 heteroatoms. The number of carboxylic acids is 1. The molecule has 0 atom stereocenters. The molecule has 0 aromatic heterocycles. The molecule has 7 nitrogen and oxygen atoms in total. The minimum absolute atomic E-state index is 0.0729. The number of nitrogens with one attached hydrogen (secondary N) is 1. The molecule has 186 valence electrons. The molecule has 0 heterocycles. The van der Waals surface area contributed by atoms with Gasteiger partial charge in [0, 0.05) is 18.2 Å². The van der Waals surface area contributed by atoms with Gasteiger partial charge in [-0.25, -0.2) is 4.79 Å². The number of alkyl carbamates (subject to hydrolysis) is 1. The van der Waals surface area contributed by atoms with Crippen molar-refractivity contribution in [1.82, 2.24) is 10.2 Å². The van der Waals surface area contributed by atoms with Gasteiger partial charge >= 0.3 is 12.1 Å². The Labute approximate surface area is 210 Å². The molecular formula is C27H32N2O5S. The van der Waals surface area contributed by atoms with Crippen LogP contribution in [0.5, 0.6) is 0 Å². The van der Waals surface area contributed by atoms with E-state index in [1.165, 1.54) is 4.90 Å². The van der Waals surface area contributed by atoms with Gasteiger partial charge in [-0.15, -0.1) is 0 Å². The number of carboxylic acid groups (broad SMARTS) is 1. The Hall–Kier alpha value is -3.00. The van der Waals surface area contributed by atoms with Gasteiger partial charge in [-0.2, -0.15) is 11.8 Å². The van der Waals surface area contributed by atoms with E-state index in [1.807, 2.05) is 30.5 Å². The lowest BCUT2D eigenvalue weighted by Crippen LogP contribution is -2.61. The van der Waals surface area contributed by atoms with Crippen molar-refractivity contribution >= 4 is 29.7 Å². The quantitative estimate of drug-likeness (QED) is 0.531. The Morgan fingerprint density at radius 2 is 1.63 bits per heavy atom. The van der Waals surface area contributed by atoms with Crippen molar-refractivity contribution in [1.29, 1.82) is 0 Å². The van der Waals surface area contributed by atoms with Crippen LogP contribution in [0.4, 0.5) is 4.79 Å². The molecule has 0 bridgehead atoms. The summed E-state index contributed by atoms with van der Waals surface area (Å²) < 4.78 is 5.72. The average molecular weight is 497 g/mol. The number of hydrogen-bond acceptors (Lipinski definition) is 5. The van der Waals surface area contributed by atoms with Crippen LogP contribution in [0.2, 0.25) is 0 Å².